The summed E-state index contributed by atoms with van der Waals surface area (Å²) in [5, 5.41) is 22.0. The second-order valence-corrected chi connectivity index (χ2v) is 9.35. The van der Waals surface area contributed by atoms with Crippen molar-refractivity contribution in [1.29, 1.82) is 0 Å². The SMILES string of the molecule is O=C(Nc1ccc(Cn2cncn2)cc1)c1cccc(-n2cc(Nc3nccn3-c3ccccc3)cn2)c1.O=C(O)C(F)(F)F. The average molecular weight is 616 g/mol. The van der Waals surface area contributed by atoms with Crippen LogP contribution in [0.15, 0.2) is 116 Å². The van der Waals surface area contributed by atoms with Gasteiger partial charge < -0.3 is 15.7 Å². The zero-order valence-electron chi connectivity index (χ0n) is 23.2. The molecule has 0 fully saturated rings. The fourth-order valence-corrected chi connectivity index (χ4v) is 4.04. The van der Waals surface area contributed by atoms with Crippen LogP contribution in [0.5, 0.6) is 0 Å². The number of anilines is 3. The van der Waals surface area contributed by atoms with Gasteiger partial charge in [-0.05, 0) is 48.0 Å². The number of carboxylic acid groups (broad SMARTS) is 1. The molecule has 6 aromatic rings. The molecule has 3 aromatic heterocycles. The van der Waals surface area contributed by atoms with Gasteiger partial charge in [0.1, 0.15) is 12.7 Å². The predicted octanol–water partition coefficient (Wildman–Crippen LogP) is 5.33. The summed E-state index contributed by atoms with van der Waals surface area (Å²) in [5.41, 5.74) is 4.84. The Hall–Kier alpha value is -6.25. The molecule has 3 heterocycles. The van der Waals surface area contributed by atoms with E-state index in [1.807, 2.05) is 83.7 Å². The lowest BCUT2D eigenvalue weighted by Crippen LogP contribution is -2.21. The Labute approximate surface area is 253 Å². The summed E-state index contributed by atoms with van der Waals surface area (Å²) in [6.45, 7) is 0.616. The van der Waals surface area contributed by atoms with Gasteiger partial charge in [0.25, 0.3) is 5.91 Å². The molecule has 0 atom stereocenters. The van der Waals surface area contributed by atoms with Gasteiger partial charge in [-0.3, -0.25) is 9.36 Å². The number of hydrogen-bond acceptors (Lipinski definition) is 7. The third-order valence-corrected chi connectivity index (χ3v) is 6.15. The second-order valence-electron chi connectivity index (χ2n) is 9.35. The summed E-state index contributed by atoms with van der Waals surface area (Å²) in [7, 11) is 0. The van der Waals surface area contributed by atoms with Gasteiger partial charge in [-0.1, -0.05) is 36.4 Å². The molecule has 0 aliphatic rings. The van der Waals surface area contributed by atoms with Gasteiger partial charge in [-0.15, -0.1) is 0 Å². The minimum Gasteiger partial charge on any atom is -0.475 e. The van der Waals surface area contributed by atoms with Crippen molar-refractivity contribution in [1.82, 2.24) is 34.1 Å². The molecule has 15 heteroatoms. The van der Waals surface area contributed by atoms with E-state index < -0.39 is 12.1 Å². The molecule has 0 spiro atoms. The van der Waals surface area contributed by atoms with E-state index in [-0.39, 0.29) is 5.91 Å². The van der Waals surface area contributed by atoms with Crippen molar-refractivity contribution in [3.8, 4) is 11.4 Å². The normalized spacial score (nSPS) is 10.9. The van der Waals surface area contributed by atoms with Gasteiger partial charge in [0.15, 0.2) is 0 Å². The maximum Gasteiger partial charge on any atom is 0.490 e. The zero-order valence-corrected chi connectivity index (χ0v) is 23.2. The van der Waals surface area contributed by atoms with Crippen LogP contribution < -0.4 is 10.6 Å². The van der Waals surface area contributed by atoms with E-state index >= 15 is 0 Å². The van der Waals surface area contributed by atoms with Crippen molar-refractivity contribution < 1.29 is 27.9 Å². The van der Waals surface area contributed by atoms with E-state index in [9.17, 15) is 18.0 Å². The number of nitrogens with one attached hydrogen (secondary N) is 2. The smallest absolute Gasteiger partial charge is 0.475 e. The van der Waals surface area contributed by atoms with Crippen molar-refractivity contribution in [2.45, 2.75) is 12.7 Å². The van der Waals surface area contributed by atoms with Gasteiger partial charge in [-0.25, -0.2) is 24.1 Å². The zero-order chi connectivity index (χ0) is 31.8. The first-order valence-electron chi connectivity index (χ1n) is 13.2. The lowest BCUT2D eigenvalue weighted by molar-refractivity contribution is -0.192. The molecule has 1 amide bonds. The molecule has 6 rings (SSSR count). The molecule has 0 saturated carbocycles. The van der Waals surface area contributed by atoms with E-state index in [4.69, 9.17) is 9.90 Å². The monoisotopic (exact) mass is 615 g/mol. The van der Waals surface area contributed by atoms with Crippen LogP contribution in [-0.2, 0) is 11.3 Å². The molecule has 12 nitrogen and oxygen atoms in total. The van der Waals surface area contributed by atoms with Gasteiger partial charge >= 0.3 is 12.1 Å². The van der Waals surface area contributed by atoms with E-state index in [1.54, 1.807) is 40.2 Å². The molecule has 0 saturated heterocycles. The maximum atomic E-state index is 12.9. The lowest BCUT2D eigenvalue weighted by Gasteiger charge is -2.09. The summed E-state index contributed by atoms with van der Waals surface area (Å²) >= 11 is 0. The minimum atomic E-state index is -5.08. The minimum absolute atomic E-state index is 0.203. The standard InChI is InChI=1S/C28H23N9O.C2HF3O2/c38-27(33-23-11-9-21(10-12-23)17-35-20-29-19-32-35)22-5-4-8-26(15-22)37-18-24(16-31-37)34-28-30-13-14-36(28)25-6-2-1-3-7-25;3-2(4,5)1(6)7/h1-16,18-20H,17H2,(H,30,34)(H,33,38);(H,6,7). The van der Waals surface area contributed by atoms with Crippen molar-refractivity contribution in [3.63, 3.8) is 0 Å². The van der Waals surface area contributed by atoms with E-state index in [2.05, 4.69) is 30.8 Å². The summed E-state index contributed by atoms with van der Waals surface area (Å²) in [6.07, 6.45) is 5.30. The van der Waals surface area contributed by atoms with Crippen molar-refractivity contribution >= 4 is 29.2 Å². The summed E-state index contributed by atoms with van der Waals surface area (Å²) in [6, 6.07) is 24.9. The predicted molar refractivity (Wildman–Crippen MR) is 158 cm³/mol. The molecule has 45 heavy (non-hydrogen) atoms. The van der Waals surface area contributed by atoms with Gasteiger partial charge in [0.05, 0.1) is 30.3 Å². The number of carboxylic acids is 1. The van der Waals surface area contributed by atoms with Crippen LogP contribution in [0.3, 0.4) is 0 Å². The summed E-state index contributed by atoms with van der Waals surface area (Å²) in [4.78, 5) is 30.2. The molecule has 228 valence electrons. The molecular weight excluding hydrogens is 591 g/mol. The first-order valence-corrected chi connectivity index (χ1v) is 13.2. The number of aliphatic carboxylic acids is 1. The number of alkyl halides is 3. The highest BCUT2D eigenvalue weighted by Crippen LogP contribution is 2.21. The highest BCUT2D eigenvalue weighted by molar-refractivity contribution is 6.04. The highest BCUT2D eigenvalue weighted by atomic mass is 19.4. The molecule has 0 unspecified atom stereocenters. The number of rotatable bonds is 8. The van der Waals surface area contributed by atoms with E-state index in [1.165, 1.54) is 6.33 Å². The maximum absolute atomic E-state index is 12.9. The molecule has 0 aliphatic heterocycles. The largest absolute Gasteiger partial charge is 0.490 e. The van der Waals surface area contributed by atoms with Crippen LogP contribution in [-0.4, -0.2) is 57.3 Å². The lowest BCUT2D eigenvalue weighted by atomic mass is 10.1. The summed E-state index contributed by atoms with van der Waals surface area (Å²) < 4.78 is 37.2. The van der Waals surface area contributed by atoms with Gasteiger partial charge in [-0.2, -0.15) is 23.4 Å². The first kappa shape index (κ1) is 30.2. The number of imidazole rings is 1. The van der Waals surface area contributed by atoms with Gasteiger partial charge in [0.2, 0.25) is 5.95 Å². The highest BCUT2D eigenvalue weighted by Gasteiger charge is 2.38. The van der Waals surface area contributed by atoms with Crippen LogP contribution in [0.2, 0.25) is 0 Å². The average Bonchev–Trinajstić information content (AvgIpc) is 3.82. The molecule has 3 N–H and O–H groups in total. The second kappa shape index (κ2) is 13.4. The number of carbonyl (C=O) groups is 2. The number of benzene rings is 3. The van der Waals surface area contributed by atoms with Crippen LogP contribution in [0.4, 0.5) is 30.5 Å². The van der Waals surface area contributed by atoms with E-state index in [0.717, 1.165) is 22.6 Å². The summed E-state index contributed by atoms with van der Waals surface area (Å²) in [5.74, 6) is -2.28. The van der Waals surface area contributed by atoms with Crippen molar-refractivity contribution in [2.75, 3.05) is 10.6 Å². The van der Waals surface area contributed by atoms with Crippen LogP contribution >= 0.6 is 0 Å². The number of carbonyl (C=O) groups excluding carboxylic acids is 1. The van der Waals surface area contributed by atoms with Crippen molar-refractivity contribution in [2.24, 2.45) is 0 Å². The Balaban J connectivity index is 0.000000515. The third kappa shape index (κ3) is 7.98. The number of nitrogens with zero attached hydrogens (tertiary/aromatic N) is 7. The third-order valence-electron chi connectivity index (χ3n) is 6.15. The Kier molecular flexibility index (Phi) is 8.98. The van der Waals surface area contributed by atoms with Crippen LogP contribution in [0.1, 0.15) is 15.9 Å². The Bertz CT molecular complexity index is 1870. The molecular formula is C30H24F3N9O3. The van der Waals surface area contributed by atoms with Crippen LogP contribution in [0.25, 0.3) is 11.4 Å². The first-order chi connectivity index (χ1) is 21.7. The number of halogens is 3. The number of para-hydroxylation sites is 1. The van der Waals surface area contributed by atoms with Crippen molar-refractivity contribution in [3.05, 3.63) is 127 Å². The Morgan fingerprint density at radius 1 is 0.889 bits per heavy atom. The fraction of sp³-hybridized carbons (Fsp3) is 0.0667. The topological polar surface area (TPSA) is 145 Å². The fourth-order valence-electron chi connectivity index (χ4n) is 4.04. The number of amides is 1. The van der Waals surface area contributed by atoms with Crippen LogP contribution in [0, 0.1) is 0 Å². The quantitative estimate of drug-likeness (QED) is 0.209. The Morgan fingerprint density at radius 3 is 2.31 bits per heavy atom. The van der Waals surface area contributed by atoms with Gasteiger partial charge in [0, 0.05) is 29.3 Å². The number of hydrogen-bond donors (Lipinski definition) is 3. The van der Waals surface area contributed by atoms with E-state index in [0.29, 0.717) is 23.7 Å². The number of aromatic nitrogens is 7. The Morgan fingerprint density at radius 2 is 1.62 bits per heavy atom. The molecule has 0 bridgehead atoms. The molecule has 0 radical (unpaired) electrons. The molecule has 3 aromatic carbocycles. The molecule has 0 aliphatic carbocycles.